The van der Waals surface area contributed by atoms with E-state index in [0.717, 1.165) is 12.8 Å². The number of aliphatic hydroxyl groups is 1. The molecule has 0 unspecified atom stereocenters. The third kappa shape index (κ3) is 6.58. The van der Waals surface area contributed by atoms with Gasteiger partial charge in [-0.15, -0.1) is 0 Å². The molecule has 3 nitrogen and oxygen atoms in total. The van der Waals surface area contributed by atoms with Gasteiger partial charge in [-0.2, -0.15) is 0 Å². The maximum atomic E-state index is 11.2. The molecule has 0 saturated carbocycles. The first-order valence-electron chi connectivity index (χ1n) is 5.03. The van der Waals surface area contributed by atoms with E-state index in [2.05, 4.69) is 19.2 Å². The summed E-state index contributed by atoms with van der Waals surface area (Å²) in [7, 11) is 0. The Kier molecular flexibility index (Phi) is 6.59. The molecule has 0 radical (unpaired) electrons. The van der Waals surface area contributed by atoms with Crippen molar-refractivity contribution < 1.29 is 9.90 Å². The number of hydrogen-bond acceptors (Lipinski definition) is 2. The highest BCUT2D eigenvalue weighted by atomic mass is 16.3. The molecule has 2 N–H and O–H groups in total. The van der Waals surface area contributed by atoms with Crippen LogP contribution in [0.2, 0.25) is 0 Å². The molecule has 0 fully saturated rings. The Morgan fingerprint density at radius 2 is 2.00 bits per heavy atom. The first kappa shape index (κ1) is 12.4. The maximum absolute atomic E-state index is 11.2. The van der Waals surface area contributed by atoms with Gasteiger partial charge in [0.1, 0.15) is 6.10 Å². The van der Waals surface area contributed by atoms with Crippen molar-refractivity contribution in [1.82, 2.24) is 5.32 Å². The van der Waals surface area contributed by atoms with E-state index in [1.807, 2.05) is 6.92 Å². The smallest absolute Gasteiger partial charge is 0.248 e. The van der Waals surface area contributed by atoms with Crippen LogP contribution in [-0.2, 0) is 4.79 Å². The lowest BCUT2D eigenvalue weighted by molar-refractivity contribution is -0.129. The van der Waals surface area contributed by atoms with Crippen LogP contribution in [0.5, 0.6) is 0 Å². The Morgan fingerprint density at radius 1 is 1.38 bits per heavy atom. The van der Waals surface area contributed by atoms with Gasteiger partial charge in [0.25, 0.3) is 0 Å². The number of carbonyl (C=O) groups is 1. The number of aliphatic hydroxyl groups excluding tert-OH is 1. The van der Waals surface area contributed by atoms with Crippen molar-refractivity contribution in [2.75, 3.05) is 6.54 Å². The monoisotopic (exact) mass is 187 g/mol. The molecule has 0 aliphatic heterocycles. The predicted molar refractivity (Wildman–Crippen MR) is 53.4 cm³/mol. The van der Waals surface area contributed by atoms with Crippen molar-refractivity contribution >= 4 is 5.91 Å². The largest absolute Gasteiger partial charge is 0.383 e. The van der Waals surface area contributed by atoms with Crippen LogP contribution in [0.25, 0.3) is 0 Å². The fourth-order valence-electron chi connectivity index (χ4n) is 1.01. The number of amides is 1. The average Bonchev–Trinajstić information content (AvgIpc) is 2.04. The van der Waals surface area contributed by atoms with Gasteiger partial charge in [0, 0.05) is 6.54 Å². The standard InChI is InChI=1S/C10H21NO2/c1-4-5-9(12)10(13)11-7-6-8(2)3/h8-9,12H,4-7H2,1-3H3,(H,11,13)/t9-/m0/s1. The zero-order chi connectivity index (χ0) is 10.3. The molecule has 13 heavy (non-hydrogen) atoms. The molecule has 0 rings (SSSR count). The van der Waals surface area contributed by atoms with Crippen LogP contribution in [0, 0.1) is 5.92 Å². The lowest BCUT2D eigenvalue weighted by Gasteiger charge is -2.10. The van der Waals surface area contributed by atoms with E-state index < -0.39 is 6.10 Å². The van der Waals surface area contributed by atoms with Crippen LogP contribution in [-0.4, -0.2) is 23.7 Å². The van der Waals surface area contributed by atoms with Gasteiger partial charge in [-0.3, -0.25) is 4.79 Å². The predicted octanol–water partition coefficient (Wildman–Crippen LogP) is 1.31. The summed E-state index contributed by atoms with van der Waals surface area (Å²) in [4.78, 5) is 11.2. The summed E-state index contributed by atoms with van der Waals surface area (Å²) < 4.78 is 0. The minimum Gasteiger partial charge on any atom is -0.383 e. The first-order chi connectivity index (χ1) is 6.07. The fraction of sp³-hybridized carbons (Fsp3) is 0.900. The van der Waals surface area contributed by atoms with Gasteiger partial charge in [0.2, 0.25) is 5.91 Å². The molecule has 0 spiro atoms. The molecule has 78 valence electrons. The van der Waals surface area contributed by atoms with Crippen LogP contribution >= 0.6 is 0 Å². The second-order valence-electron chi connectivity index (χ2n) is 3.78. The van der Waals surface area contributed by atoms with Crippen LogP contribution < -0.4 is 5.32 Å². The van der Waals surface area contributed by atoms with E-state index in [9.17, 15) is 9.90 Å². The number of carbonyl (C=O) groups excluding carboxylic acids is 1. The van der Waals surface area contributed by atoms with E-state index >= 15 is 0 Å². The summed E-state index contributed by atoms with van der Waals surface area (Å²) >= 11 is 0. The van der Waals surface area contributed by atoms with Gasteiger partial charge in [0.05, 0.1) is 0 Å². The van der Waals surface area contributed by atoms with Crippen LogP contribution in [0.3, 0.4) is 0 Å². The van der Waals surface area contributed by atoms with Crippen LogP contribution in [0.15, 0.2) is 0 Å². The van der Waals surface area contributed by atoms with E-state index in [-0.39, 0.29) is 5.91 Å². The minimum atomic E-state index is -0.822. The Morgan fingerprint density at radius 3 is 2.46 bits per heavy atom. The lowest BCUT2D eigenvalue weighted by atomic mass is 10.1. The molecule has 3 heteroatoms. The van der Waals surface area contributed by atoms with Gasteiger partial charge < -0.3 is 10.4 Å². The average molecular weight is 187 g/mol. The molecule has 0 bridgehead atoms. The Balaban J connectivity index is 3.50. The van der Waals surface area contributed by atoms with Crippen molar-refractivity contribution in [3.05, 3.63) is 0 Å². The highest BCUT2D eigenvalue weighted by Gasteiger charge is 2.12. The fourth-order valence-corrected chi connectivity index (χ4v) is 1.01. The number of nitrogens with one attached hydrogen (secondary N) is 1. The van der Waals surface area contributed by atoms with E-state index in [1.54, 1.807) is 0 Å². The van der Waals surface area contributed by atoms with Gasteiger partial charge >= 0.3 is 0 Å². The summed E-state index contributed by atoms with van der Waals surface area (Å²) in [5.41, 5.74) is 0. The Labute approximate surface area is 80.5 Å². The van der Waals surface area contributed by atoms with Crippen LogP contribution in [0.4, 0.5) is 0 Å². The highest BCUT2D eigenvalue weighted by molar-refractivity contribution is 5.80. The molecule has 0 saturated heterocycles. The molecule has 0 aromatic heterocycles. The van der Waals surface area contributed by atoms with Crippen molar-refractivity contribution in [2.45, 2.75) is 46.1 Å². The van der Waals surface area contributed by atoms with Gasteiger partial charge in [-0.05, 0) is 18.8 Å². The SMILES string of the molecule is CCC[C@H](O)C(=O)NCCC(C)C. The van der Waals surface area contributed by atoms with Crippen molar-refractivity contribution in [3.8, 4) is 0 Å². The second-order valence-corrected chi connectivity index (χ2v) is 3.78. The highest BCUT2D eigenvalue weighted by Crippen LogP contribution is 1.98. The number of rotatable bonds is 6. The summed E-state index contributed by atoms with van der Waals surface area (Å²) in [5.74, 6) is 0.353. The van der Waals surface area contributed by atoms with E-state index in [4.69, 9.17) is 0 Å². The molecular weight excluding hydrogens is 166 g/mol. The summed E-state index contributed by atoms with van der Waals surface area (Å²) in [6.45, 7) is 6.82. The van der Waals surface area contributed by atoms with Gasteiger partial charge in [0.15, 0.2) is 0 Å². The van der Waals surface area contributed by atoms with Gasteiger partial charge in [-0.1, -0.05) is 27.2 Å². The zero-order valence-corrected chi connectivity index (χ0v) is 8.84. The maximum Gasteiger partial charge on any atom is 0.248 e. The number of hydrogen-bond donors (Lipinski definition) is 2. The molecule has 1 atom stereocenters. The Hall–Kier alpha value is -0.570. The quantitative estimate of drug-likeness (QED) is 0.658. The summed E-state index contributed by atoms with van der Waals surface area (Å²) in [5, 5.41) is 12.0. The van der Waals surface area contributed by atoms with Crippen LogP contribution in [0.1, 0.15) is 40.0 Å². The zero-order valence-electron chi connectivity index (χ0n) is 8.84. The lowest BCUT2D eigenvalue weighted by Crippen LogP contribution is -2.35. The molecule has 0 aliphatic rings. The van der Waals surface area contributed by atoms with Crippen molar-refractivity contribution in [1.29, 1.82) is 0 Å². The third-order valence-electron chi connectivity index (χ3n) is 1.89. The molecule has 0 aromatic carbocycles. The topological polar surface area (TPSA) is 49.3 Å². The summed E-state index contributed by atoms with van der Waals surface area (Å²) in [6.07, 6.45) is 1.52. The Bertz CT molecular complexity index is 146. The molecular formula is C10H21NO2. The normalized spacial score (nSPS) is 13.0. The van der Waals surface area contributed by atoms with Gasteiger partial charge in [-0.25, -0.2) is 0 Å². The van der Waals surface area contributed by atoms with E-state index in [0.29, 0.717) is 18.9 Å². The first-order valence-corrected chi connectivity index (χ1v) is 5.03. The summed E-state index contributed by atoms with van der Waals surface area (Å²) in [6, 6.07) is 0. The minimum absolute atomic E-state index is 0.234. The molecule has 0 heterocycles. The molecule has 0 aliphatic carbocycles. The molecule has 1 amide bonds. The van der Waals surface area contributed by atoms with Crippen molar-refractivity contribution in [2.24, 2.45) is 5.92 Å². The third-order valence-corrected chi connectivity index (χ3v) is 1.89. The second kappa shape index (κ2) is 6.89. The van der Waals surface area contributed by atoms with Crippen molar-refractivity contribution in [3.63, 3.8) is 0 Å². The molecule has 0 aromatic rings. The van der Waals surface area contributed by atoms with E-state index in [1.165, 1.54) is 0 Å².